The molecule has 0 bridgehead atoms. The molecule has 174 valence electrons. The fourth-order valence-corrected chi connectivity index (χ4v) is 4.77. The summed E-state index contributed by atoms with van der Waals surface area (Å²) in [7, 11) is 1.66. The number of aryl methyl sites for hydroxylation is 1. The van der Waals surface area contributed by atoms with Crippen molar-refractivity contribution in [3.63, 3.8) is 0 Å². The Kier molecular flexibility index (Phi) is 8.05. The number of hydrogen-bond acceptors (Lipinski definition) is 4. The van der Waals surface area contributed by atoms with Gasteiger partial charge in [-0.25, -0.2) is 0 Å². The number of nitrogens with zero attached hydrogens (tertiary/aromatic N) is 1. The van der Waals surface area contributed by atoms with Crippen LogP contribution in [0, 0.1) is 0 Å². The summed E-state index contributed by atoms with van der Waals surface area (Å²) in [4.78, 5) is 2.39. The van der Waals surface area contributed by atoms with Crippen LogP contribution in [0.15, 0.2) is 78.9 Å². The number of aliphatic hydroxyl groups is 1. The lowest BCUT2D eigenvalue weighted by Gasteiger charge is -2.41. The summed E-state index contributed by atoms with van der Waals surface area (Å²) in [6.07, 6.45) is 1.37. The fraction of sp³-hybridized carbons (Fsp3) is 0.357. The van der Waals surface area contributed by atoms with Gasteiger partial charge in [-0.15, -0.1) is 0 Å². The number of methoxy groups -OCH3 is 1. The molecule has 2 atom stereocenters. The minimum Gasteiger partial charge on any atom is -0.497 e. The predicted octanol–water partition coefficient (Wildman–Crippen LogP) is 5.29. The molecule has 5 heteroatoms. The van der Waals surface area contributed by atoms with Gasteiger partial charge in [0.25, 0.3) is 0 Å². The average Bonchev–Trinajstić information content (AvgIpc) is 2.88. The second kappa shape index (κ2) is 11.2. The van der Waals surface area contributed by atoms with Crippen LogP contribution in [-0.2, 0) is 16.8 Å². The van der Waals surface area contributed by atoms with Crippen molar-refractivity contribution in [3.05, 3.63) is 101 Å². The van der Waals surface area contributed by atoms with Gasteiger partial charge in [-0.1, -0.05) is 66.2 Å². The quantitative estimate of drug-likeness (QED) is 0.466. The highest BCUT2D eigenvalue weighted by atomic mass is 35.5. The topological polar surface area (TPSA) is 41.9 Å². The van der Waals surface area contributed by atoms with Crippen LogP contribution in [0.1, 0.15) is 29.0 Å². The largest absolute Gasteiger partial charge is 0.497 e. The van der Waals surface area contributed by atoms with Crippen molar-refractivity contribution < 1.29 is 14.6 Å². The molecular formula is C28H32ClNO3. The monoisotopic (exact) mass is 465 g/mol. The van der Waals surface area contributed by atoms with E-state index in [0.717, 1.165) is 56.1 Å². The van der Waals surface area contributed by atoms with Crippen molar-refractivity contribution in [1.82, 2.24) is 4.90 Å². The Labute approximate surface area is 201 Å². The molecule has 0 spiro atoms. The average molecular weight is 466 g/mol. The first-order valence-corrected chi connectivity index (χ1v) is 11.9. The molecule has 4 rings (SSSR count). The van der Waals surface area contributed by atoms with E-state index in [-0.39, 0.29) is 5.92 Å². The smallest absolute Gasteiger partial charge is 0.118 e. The zero-order chi connectivity index (χ0) is 23.1. The van der Waals surface area contributed by atoms with Crippen molar-refractivity contribution in [2.24, 2.45) is 0 Å². The molecule has 0 unspecified atom stereocenters. The molecule has 1 heterocycles. The summed E-state index contributed by atoms with van der Waals surface area (Å²) in [6.45, 7) is 3.90. The first kappa shape index (κ1) is 23.8. The Morgan fingerprint density at radius 3 is 2.27 bits per heavy atom. The molecule has 0 saturated carbocycles. The number of benzene rings is 3. The van der Waals surface area contributed by atoms with Gasteiger partial charge in [0.15, 0.2) is 0 Å². The first-order valence-electron chi connectivity index (χ1n) is 11.5. The van der Waals surface area contributed by atoms with Gasteiger partial charge in [0.2, 0.25) is 0 Å². The van der Waals surface area contributed by atoms with Crippen LogP contribution < -0.4 is 4.74 Å². The summed E-state index contributed by atoms with van der Waals surface area (Å²) in [5.41, 5.74) is 2.12. The van der Waals surface area contributed by atoms with Crippen molar-refractivity contribution in [3.8, 4) is 5.75 Å². The molecule has 0 radical (unpaired) electrons. The van der Waals surface area contributed by atoms with Crippen LogP contribution >= 0.6 is 11.6 Å². The van der Waals surface area contributed by atoms with E-state index >= 15 is 0 Å². The zero-order valence-corrected chi connectivity index (χ0v) is 19.9. The van der Waals surface area contributed by atoms with Gasteiger partial charge in [-0.05, 0) is 53.8 Å². The summed E-state index contributed by atoms with van der Waals surface area (Å²) in [5, 5.41) is 13.2. The molecule has 33 heavy (non-hydrogen) atoms. The Morgan fingerprint density at radius 2 is 1.64 bits per heavy atom. The van der Waals surface area contributed by atoms with Gasteiger partial charge < -0.3 is 14.6 Å². The fourth-order valence-electron chi connectivity index (χ4n) is 4.65. The number of morpholine rings is 1. The number of ether oxygens (including phenoxy) is 2. The van der Waals surface area contributed by atoms with Gasteiger partial charge in [-0.2, -0.15) is 0 Å². The lowest BCUT2D eigenvalue weighted by molar-refractivity contribution is -0.0279. The van der Waals surface area contributed by atoms with Crippen LogP contribution in [0.3, 0.4) is 0 Å². The molecule has 3 aromatic carbocycles. The molecule has 3 aromatic rings. The van der Waals surface area contributed by atoms with Crippen LogP contribution in [0.5, 0.6) is 5.75 Å². The summed E-state index contributed by atoms with van der Waals surface area (Å²) >= 11 is 6.21. The van der Waals surface area contributed by atoms with E-state index in [1.807, 2.05) is 66.7 Å². The maximum Gasteiger partial charge on any atom is 0.118 e. The van der Waals surface area contributed by atoms with E-state index < -0.39 is 5.60 Å². The van der Waals surface area contributed by atoms with Gasteiger partial charge in [0, 0.05) is 30.6 Å². The van der Waals surface area contributed by atoms with E-state index in [0.29, 0.717) is 11.4 Å². The Bertz CT molecular complexity index is 988. The van der Waals surface area contributed by atoms with Crippen LogP contribution in [0.4, 0.5) is 0 Å². The highest BCUT2D eigenvalue weighted by molar-refractivity contribution is 6.30. The van der Waals surface area contributed by atoms with Crippen LogP contribution in [-0.4, -0.2) is 50.0 Å². The predicted molar refractivity (Wildman–Crippen MR) is 133 cm³/mol. The van der Waals surface area contributed by atoms with Gasteiger partial charge in [0.1, 0.15) is 5.75 Å². The molecule has 0 aliphatic carbocycles. The lowest BCUT2D eigenvalue weighted by atomic mass is 9.73. The van der Waals surface area contributed by atoms with E-state index in [4.69, 9.17) is 21.1 Å². The maximum atomic E-state index is 12.5. The highest BCUT2D eigenvalue weighted by Crippen LogP contribution is 2.42. The Balaban J connectivity index is 1.73. The minimum atomic E-state index is -1.08. The molecule has 1 saturated heterocycles. The second-order valence-corrected chi connectivity index (χ2v) is 9.09. The standard InChI is InChI=1S/C28H32ClNO3/c1-32-26-13-9-24(10-14-26)28(31,16-15-22-5-3-2-4-6-22)27(21-30-17-19-33-20-18-30)23-7-11-25(29)12-8-23/h2-14,27,31H,15-21H2,1H3/t27-,28+/m0/s1. The van der Waals surface area contributed by atoms with Crippen LogP contribution in [0.25, 0.3) is 0 Å². The number of rotatable bonds is 9. The van der Waals surface area contributed by atoms with Crippen molar-refractivity contribution >= 4 is 11.6 Å². The van der Waals surface area contributed by atoms with E-state index in [1.165, 1.54) is 5.56 Å². The molecule has 0 amide bonds. The van der Waals surface area contributed by atoms with Gasteiger partial charge >= 0.3 is 0 Å². The first-order chi connectivity index (χ1) is 16.1. The van der Waals surface area contributed by atoms with E-state index in [9.17, 15) is 5.11 Å². The second-order valence-electron chi connectivity index (χ2n) is 8.66. The van der Waals surface area contributed by atoms with Gasteiger partial charge in [-0.3, -0.25) is 4.90 Å². The Hall–Kier alpha value is -2.37. The number of hydrogen-bond donors (Lipinski definition) is 1. The van der Waals surface area contributed by atoms with Crippen molar-refractivity contribution in [1.29, 1.82) is 0 Å². The third-order valence-electron chi connectivity index (χ3n) is 6.62. The summed E-state index contributed by atoms with van der Waals surface area (Å²) in [5.74, 6) is 0.644. The SMILES string of the molecule is COc1ccc([C@](O)(CCc2ccccc2)[C@@H](CN2CCOCC2)c2ccc(Cl)cc2)cc1. The van der Waals surface area contributed by atoms with Crippen molar-refractivity contribution in [2.75, 3.05) is 40.0 Å². The Morgan fingerprint density at radius 1 is 0.970 bits per heavy atom. The zero-order valence-electron chi connectivity index (χ0n) is 19.1. The number of halogens is 1. The van der Waals surface area contributed by atoms with E-state index in [2.05, 4.69) is 17.0 Å². The molecule has 4 nitrogen and oxygen atoms in total. The summed E-state index contributed by atoms with van der Waals surface area (Å²) in [6, 6.07) is 26.1. The van der Waals surface area contributed by atoms with Crippen molar-refractivity contribution in [2.45, 2.75) is 24.4 Å². The molecule has 1 aliphatic rings. The highest BCUT2D eigenvalue weighted by Gasteiger charge is 2.40. The minimum absolute atomic E-state index is 0.134. The molecule has 1 N–H and O–H groups in total. The van der Waals surface area contributed by atoms with Crippen LogP contribution in [0.2, 0.25) is 5.02 Å². The van der Waals surface area contributed by atoms with Gasteiger partial charge in [0.05, 0.1) is 25.9 Å². The lowest BCUT2D eigenvalue weighted by Crippen LogP contribution is -2.45. The molecular weight excluding hydrogens is 434 g/mol. The third kappa shape index (κ3) is 5.96. The summed E-state index contributed by atoms with van der Waals surface area (Å²) < 4.78 is 10.9. The molecule has 1 fully saturated rings. The van der Waals surface area contributed by atoms with E-state index in [1.54, 1.807) is 7.11 Å². The maximum absolute atomic E-state index is 12.5. The normalized spacial score (nSPS) is 17.3. The molecule has 1 aliphatic heterocycles. The molecule has 0 aromatic heterocycles. The third-order valence-corrected chi connectivity index (χ3v) is 6.87.